The van der Waals surface area contributed by atoms with E-state index < -0.39 is 0 Å². The summed E-state index contributed by atoms with van der Waals surface area (Å²) in [5, 5.41) is 3.68. The van der Waals surface area contributed by atoms with Crippen LogP contribution in [-0.2, 0) is 6.54 Å². The number of anilines is 1. The number of hydrogen-bond donors (Lipinski definition) is 2. The maximum Gasteiger partial charge on any atom is 0.264 e. The van der Waals surface area contributed by atoms with Gasteiger partial charge in [-0.2, -0.15) is 4.98 Å². The number of benzene rings is 2. The van der Waals surface area contributed by atoms with Gasteiger partial charge in [-0.3, -0.25) is 9.10 Å². The maximum atomic E-state index is 13.0. The van der Waals surface area contributed by atoms with Crippen LogP contribution in [0.15, 0.2) is 72.2 Å². The van der Waals surface area contributed by atoms with Gasteiger partial charge >= 0.3 is 0 Å². The van der Waals surface area contributed by atoms with Gasteiger partial charge in [-0.05, 0) is 47.1 Å². The Kier molecular flexibility index (Phi) is 4.96. The fourth-order valence-electron chi connectivity index (χ4n) is 3.15. The lowest BCUT2D eigenvalue weighted by Gasteiger charge is -2.16. The zero-order valence-corrected chi connectivity index (χ0v) is 16.0. The maximum absolute atomic E-state index is 13.0. The first kappa shape index (κ1) is 18.6. The van der Waals surface area contributed by atoms with Crippen molar-refractivity contribution in [3.63, 3.8) is 0 Å². The molecule has 0 aliphatic carbocycles. The summed E-state index contributed by atoms with van der Waals surface area (Å²) in [4.78, 5) is 31.9. The monoisotopic (exact) mass is 404 g/mol. The van der Waals surface area contributed by atoms with Crippen molar-refractivity contribution in [3.05, 3.63) is 83.0 Å². The van der Waals surface area contributed by atoms with E-state index in [4.69, 9.17) is 5.73 Å². The smallest absolute Gasteiger partial charge is 0.264 e. The van der Waals surface area contributed by atoms with Crippen molar-refractivity contribution in [1.82, 2.24) is 18.8 Å². The highest BCUT2D eigenvalue weighted by Gasteiger charge is 2.18. The van der Waals surface area contributed by atoms with Gasteiger partial charge in [0.05, 0.1) is 12.1 Å². The van der Waals surface area contributed by atoms with E-state index in [1.807, 2.05) is 29.0 Å². The van der Waals surface area contributed by atoms with E-state index >= 15 is 0 Å². The zero-order valence-electron chi connectivity index (χ0n) is 15.1. The Hall–Kier alpha value is -3.72. The van der Waals surface area contributed by atoms with Crippen molar-refractivity contribution in [2.45, 2.75) is 6.54 Å². The van der Waals surface area contributed by atoms with E-state index in [0.29, 0.717) is 17.1 Å². The van der Waals surface area contributed by atoms with Crippen LogP contribution in [0, 0.1) is 4.91 Å². The first-order valence-corrected chi connectivity index (χ1v) is 9.09. The second-order valence-corrected chi connectivity index (χ2v) is 6.80. The average Bonchev–Trinajstić information content (AvgIpc) is 3.17. The molecule has 0 spiro atoms. The molecule has 0 atom stereocenters. The van der Waals surface area contributed by atoms with Crippen LogP contribution in [0.1, 0.15) is 15.9 Å². The number of hydrogen-bond acceptors (Lipinski definition) is 7. The van der Waals surface area contributed by atoms with Crippen molar-refractivity contribution in [2.75, 3.05) is 5.73 Å². The zero-order chi connectivity index (χ0) is 20.4. The number of nitroso groups, excluding NO2 is 1. The summed E-state index contributed by atoms with van der Waals surface area (Å²) < 4.78 is 3.14. The molecule has 0 saturated carbocycles. The lowest BCUT2D eigenvalue weighted by Crippen LogP contribution is -2.21. The van der Waals surface area contributed by atoms with Crippen molar-refractivity contribution in [1.29, 1.82) is 0 Å². The van der Waals surface area contributed by atoms with Crippen LogP contribution in [0.25, 0.3) is 16.7 Å². The molecule has 29 heavy (non-hydrogen) atoms. The van der Waals surface area contributed by atoms with Gasteiger partial charge in [0.1, 0.15) is 11.5 Å². The normalized spacial score (nSPS) is 10.8. The number of carbonyl (C=O) groups excluding carboxylic acids is 1. The van der Waals surface area contributed by atoms with Gasteiger partial charge in [-0.1, -0.05) is 31.0 Å². The van der Waals surface area contributed by atoms with Gasteiger partial charge < -0.3 is 10.3 Å². The molecule has 1 amide bonds. The topological polar surface area (TPSA) is 106 Å². The Morgan fingerprint density at radius 2 is 2.00 bits per heavy atom. The predicted molar refractivity (Wildman–Crippen MR) is 114 cm³/mol. The fraction of sp³-hybridized carbons (Fsp3) is 0.0500. The van der Waals surface area contributed by atoms with Crippen LogP contribution in [0.4, 0.5) is 11.6 Å². The molecule has 9 heteroatoms. The minimum absolute atomic E-state index is 0.171. The lowest BCUT2D eigenvalue weighted by atomic mass is 10.1. The van der Waals surface area contributed by atoms with Crippen LogP contribution in [0.5, 0.6) is 0 Å². The highest BCUT2D eigenvalue weighted by Crippen LogP contribution is 2.25. The SMILES string of the molecule is Nc1nccc(-n2ccc3c(C(=O)N(S)Cc4cccc(N=O)c4)cccc32)n1. The number of fused-ring (bicyclic) bond motifs is 1. The molecular formula is C20H16N6O2S. The summed E-state index contributed by atoms with van der Waals surface area (Å²) >= 11 is 4.36. The minimum Gasteiger partial charge on any atom is -0.368 e. The third-order valence-corrected chi connectivity index (χ3v) is 4.78. The van der Waals surface area contributed by atoms with E-state index in [-0.39, 0.29) is 18.4 Å². The summed E-state index contributed by atoms with van der Waals surface area (Å²) in [6.45, 7) is 0.227. The molecule has 2 heterocycles. The summed E-state index contributed by atoms with van der Waals surface area (Å²) in [6.07, 6.45) is 3.40. The van der Waals surface area contributed by atoms with Crippen molar-refractivity contribution < 1.29 is 4.79 Å². The van der Waals surface area contributed by atoms with E-state index in [9.17, 15) is 9.70 Å². The largest absolute Gasteiger partial charge is 0.368 e. The summed E-state index contributed by atoms with van der Waals surface area (Å²) in [5.41, 5.74) is 8.06. The van der Waals surface area contributed by atoms with Gasteiger partial charge in [0, 0.05) is 23.3 Å². The van der Waals surface area contributed by atoms with Crippen LogP contribution >= 0.6 is 12.8 Å². The van der Waals surface area contributed by atoms with Crippen molar-refractivity contribution in [3.8, 4) is 5.82 Å². The Morgan fingerprint density at radius 3 is 2.79 bits per heavy atom. The number of amides is 1. The molecule has 4 rings (SSSR count). The Balaban J connectivity index is 1.66. The molecule has 0 aliphatic heterocycles. The molecule has 0 saturated heterocycles. The van der Waals surface area contributed by atoms with Gasteiger partial charge in [0.2, 0.25) is 5.95 Å². The van der Waals surface area contributed by atoms with Gasteiger partial charge in [0.15, 0.2) is 0 Å². The number of carbonyl (C=O) groups is 1. The fourth-order valence-corrected chi connectivity index (χ4v) is 3.42. The molecule has 0 radical (unpaired) electrons. The molecule has 2 aromatic carbocycles. The lowest BCUT2D eigenvalue weighted by molar-refractivity contribution is 0.0870. The van der Waals surface area contributed by atoms with Crippen molar-refractivity contribution in [2.24, 2.45) is 5.18 Å². The number of thiol groups is 1. The molecule has 144 valence electrons. The number of aromatic nitrogens is 3. The van der Waals surface area contributed by atoms with E-state index in [1.54, 1.807) is 42.6 Å². The van der Waals surface area contributed by atoms with Gasteiger partial charge in [0.25, 0.3) is 5.91 Å². The number of rotatable bonds is 5. The number of nitrogens with zero attached hydrogens (tertiary/aromatic N) is 5. The molecule has 0 aliphatic rings. The second kappa shape index (κ2) is 7.72. The van der Waals surface area contributed by atoms with E-state index in [1.165, 1.54) is 4.31 Å². The molecule has 8 nitrogen and oxygen atoms in total. The number of nitrogens with two attached hydrogens (primary N) is 1. The molecule has 0 bridgehead atoms. The highest BCUT2D eigenvalue weighted by molar-refractivity contribution is 7.78. The summed E-state index contributed by atoms with van der Waals surface area (Å²) in [5.74, 6) is 0.520. The first-order chi connectivity index (χ1) is 14.1. The molecule has 2 aromatic heterocycles. The molecule has 0 fully saturated rings. The second-order valence-electron chi connectivity index (χ2n) is 6.32. The van der Waals surface area contributed by atoms with E-state index in [2.05, 4.69) is 28.0 Å². The Bertz CT molecular complexity index is 1220. The molecule has 2 N–H and O–H groups in total. The van der Waals surface area contributed by atoms with Gasteiger partial charge in [-0.15, -0.1) is 4.91 Å². The molecular weight excluding hydrogens is 388 g/mol. The van der Waals surface area contributed by atoms with E-state index in [0.717, 1.165) is 16.5 Å². The Labute approximate surface area is 171 Å². The summed E-state index contributed by atoms with van der Waals surface area (Å²) in [6, 6.07) is 15.8. The van der Waals surface area contributed by atoms with Crippen molar-refractivity contribution >= 4 is 41.3 Å². The molecule has 0 unspecified atom stereocenters. The highest BCUT2D eigenvalue weighted by atomic mass is 32.1. The molecule has 4 aromatic rings. The van der Waals surface area contributed by atoms with Gasteiger partial charge in [-0.25, -0.2) is 4.98 Å². The summed E-state index contributed by atoms with van der Waals surface area (Å²) in [7, 11) is 0. The Morgan fingerprint density at radius 1 is 1.17 bits per heavy atom. The third-order valence-electron chi connectivity index (χ3n) is 4.45. The van der Waals surface area contributed by atoms with Crippen LogP contribution in [0.2, 0.25) is 0 Å². The average molecular weight is 404 g/mol. The quantitative estimate of drug-likeness (QED) is 0.388. The predicted octanol–water partition coefficient (Wildman–Crippen LogP) is 3.89. The number of nitrogen functional groups attached to an aromatic ring is 1. The van der Waals surface area contributed by atoms with Crippen LogP contribution in [-0.4, -0.2) is 24.7 Å². The van der Waals surface area contributed by atoms with Crippen LogP contribution in [0.3, 0.4) is 0 Å². The third kappa shape index (κ3) is 3.67. The van der Waals surface area contributed by atoms with Crippen LogP contribution < -0.4 is 5.73 Å². The first-order valence-electron chi connectivity index (χ1n) is 8.69. The standard InChI is InChI=1S/C20H16N6O2S/c21-20-22-9-7-18(23-20)25-10-8-15-16(5-2-6-17(15)25)19(27)26(29)12-13-3-1-4-14(11-13)24-28/h1-11,29H,12H2,(H2,21,22,23). The minimum atomic E-state index is -0.261.